The molecule has 0 unspecified atom stereocenters. The first-order chi connectivity index (χ1) is 27.4. The SMILES string of the molecule is CCn1c(O)c(/N=N/c2ccc(/N=N/c3cc(OC)c(/N=N/c4c(S(=O)(=O)O)cc5cc(S(=O)(=O)O)cc(O)c5c4O)cc3C)c(S(=O)(=O)O)c2)c(C)c(C(N)=O)c1=O. The molecule has 0 aliphatic rings. The van der Waals surface area contributed by atoms with Crippen LogP contribution in [-0.2, 0) is 36.9 Å². The third kappa shape index (κ3) is 8.76. The van der Waals surface area contributed by atoms with Crippen LogP contribution >= 0.6 is 0 Å². The third-order valence-corrected chi connectivity index (χ3v) is 11.0. The molecule has 0 radical (unpaired) electrons. The molecule has 23 nitrogen and oxygen atoms in total. The maximum atomic E-state index is 12.6. The molecule has 0 spiro atoms. The van der Waals surface area contributed by atoms with Crippen molar-refractivity contribution < 1.29 is 63.8 Å². The number of ether oxygens (including phenoxy) is 1. The molecule has 0 fully saturated rings. The van der Waals surface area contributed by atoms with E-state index in [2.05, 4.69) is 30.7 Å². The largest absolute Gasteiger partial charge is 0.507 e. The summed E-state index contributed by atoms with van der Waals surface area (Å²) >= 11 is 0. The number of phenols is 2. The number of nitrogens with two attached hydrogens (primary N) is 1. The van der Waals surface area contributed by atoms with Gasteiger partial charge in [-0.05, 0) is 68.1 Å². The second-order valence-corrected chi connectivity index (χ2v) is 16.4. The highest BCUT2D eigenvalue weighted by atomic mass is 32.2. The van der Waals surface area contributed by atoms with Crippen molar-refractivity contribution in [3.8, 4) is 23.1 Å². The van der Waals surface area contributed by atoms with Crippen molar-refractivity contribution in [2.45, 2.75) is 42.0 Å². The van der Waals surface area contributed by atoms with Gasteiger partial charge in [-0.1, -0.05) is 0 Å². The summed E-state index contributed by atoms with van der Waals surface area (Å²) in [6.07, 6.45) is 0. The Kier molecular flexibility index (Phi) is 11.7. The molecule has 0 aliphatic heterocycles. The van der Waals surface area contributed by atoms with Crippen LogP contribution in [0.2, 0.25) is 0 Å². The molecule has 1 amide bonds. The van der Waals surface area contributed by atoms with Gasteiger partial charge in [-0.25, -0.2) is 0 Å². The van der Waals surface area contributed by atoms with Crippen LogP contribution in [0.25, 0.3) is 10.8 Å². The molecule has 1 heterocycles. The highest BCUT2D eigenvalue weighted by Gasteiger charge is 2.26. The van der Waals surface area contributed by atoms with Crippen molar-refractivity contribution in [3.05, 3.63) is 75.6 Å². The summed E-state index contributed by atoms with van der Waals surface area (Å²) in [6.45, 7) is 4.24. The van der Waals surface area contributed by atoms with Crippen LogP contribution in [0.5, 0.6) is 23.1 Å². The Morgan fingerprint density at radius 1 is 0.746 bits per heavy atom. The van der Waals surface area contributed by atoms with Crippen LogP contribution in [0, 0.1) is 13.8 Å². The molecule has 0 saturated heterocycles. The summed E-state index contributed by atoms with van der Waals surface area (Å²) in [6, 6.07) is 7.74. The van der Waals surface area contributed by atoms with E-state index in [1.807, 2.05) is 0 Å². The summed E-state index contributed by atoms with van der Waals surface area (Å²) in [4.78, 5) is 21.9. The highest BCUT2D eigenvalue weighted by molar-refractivity contribution is 7.86. The standard InChI is InChI=1S/C33H30N8O15S3/c1-5-41-32(45)26(31(34)44)15(3)28(33(41)46)39-35-17-6-7-19(24(11-17)58(50,51)52)36-37-20-13-23(56-4)21(8-14(20)2)38-40-29-25(59(53,54)55)10-16-9-18(57(47,48)49)12-22(42)27(16)30(29)43/h6-13,42-43,46H,5H2,1-4H3,(H2,34,44)(H,47,48,49)(H,50,51,52)(H,53,54,55)/b37-36+,39-35+,40-38+. The second-order valence-electron chi connectivity index (χ2n) is 12.2. The zero-order chi connectivity index (χ0) is 43.9. The fourth-order valence-corrected chi connectivity index (χ4v) is 7.41. The number of rotatable bonds is 12. The molecule has 4 aromatic carbocycles. The Bertz CT molecular complexity index is 3110. The van der Waals surface area contributed by atoms with E-state index in [-0.39, 0.29) is 51.9 Å². The van der Waals surface area contributed by atoms with E-state index in [0.717, 1.165) is 22.8 Å². The monoisotopic (exact) mass is 874 g/mol. The number of fused-ring (bicyclic) bond motifs is 1. The minimum Gasteiger partial charge on any atom is -0.507 e. The second kappa shape index (κ2) is 15.9. The quantitative estimate of drug-likeness (QED) is 0.0571. The lowest BCUT2D eigenvalue weighted by Gasteiger charge is -2.12. The first-order valence-corrected chi connectivity index (χ1v) is 20.5. The van der Waals surface area contributed by atoms with Gasteiger partial charge in [0.05, 0.1) is 28.8 Å². The molecule has 0 bridgehead atoms. The zero-order valence-electron chi connectivity index (χ0n) is 30.6. The van der Waals surface area contributed by atoms with Gasteiger partial charge >= 0.3 is 0 Å². The normalized spacial score (nSPS) is 12.7. The van der Waals surface area contributed by atoms with E-state index in [0.29, 0.717) is 12.1 Å². The molecule has 59 heavy (non-hydrogen) atoms. The lowest BCUT2D eigenvalue weighted by molar-refractivity contribution is 0.0997. The van der Waals surface area contributed by atoms with Gasteiger partial charge in [-0.2, -0.15) is 35.5 Å². The number of phenolic OH excluding ortho intramolecular Hbond substituents is 2. The Morgan fingerprint density at radius 3 is 1.93 bits per heavy atom. The van der Waals surface area contributed by atoms with Gasteiger partial charge in [0.25, 0.3) is 41.8 Å². The number of azo groups is 3. The lowest BCUT2D eigenvalue weighted by atomic mass is 10.1. The molecule has 0 saturated carbocycles. The van der Waals surface area contributed by atoms with Gasteiger partial charge in [0, 0.05) is 24.2 Å². The zero-order valence-corrected chi connectivity index (χ0v) is 33.1. The van der Waals surface area contributed by atoms with Crippen molar-refractivity contribution in [2.75, 3.05) is 7.11 Å². The Morgan fingerprint density at radius 2 is 1.36 bits per heavy atom. The minimum absolute atomic E-state index is 0.0415. The van der Waals surface area contributed by atoms with Crippen molar-refractivity contribution in [3.63, 3.8) is 0 Å². The predicted molar refractivity (Wildman–Crippen MR) is 205 cm³/mol. The third-order valence-electron chi connectivity index (χ3n) is 8.41. The number of pyridine rings is 1. The average Bonchev–Trinajstić information content (AvgIpc) is 3.12. The molecule has 310 valence electrons. The lowest BCUT2D eigenvalue weighted by Crippen LogP contribution is -2.30. The van der Waals surface area contributed by atoms with Gasteiger partial charge < -0.3 is 25.8 Å². The fraction of sp³-hybridized carbons (Fsp3) is 0.152. The number of aromatic nitrogens is 1. The average molecular weight is 875 g/mol. The van der Waals surface area contributed by atoms with E-state index in [1.54, 1.807) is 0 Å². The smallest absolute Gasteiger partial charge is 0.296 e. The maximum Gasteiger partial charge on any atom is 0.296 e. The van der Waals surface area contributed by atoms with Gasteiger partial charge in [0.1, 0.15) is 49.6 Å². The maximum absolute atomic E-state index is 12.6. The number of carbonyl (C=O) groups is 1. The van der Waals surface area contributed by atoms with Crippen molar-refractivity contribution in [1.82, 2.24) is 4.57 Å². The van der Waals surface area contributed by atoms with E-state index < -0.39 is 95.9 Å². The Labute approximate surface area is 332 Å². The summed E-state index contributed by atoms with van der Waals surface area (Å²) in [5.41, 5.74) is 2.36. The fourth-order valence-electron chi connectivity index (χ4n) is 5.57. The summed E-state index contributed by atoms with van der Waals surface area (Å²) in [7, 11) is -13.9. The molecule has 0 atom stereocenters. The van der Waals surface area contributed by atoms with Crippen LogP contribution in [0.15, 0.2) is 98.7 Å². The number of primary amides is 1. The van der Waals surface area contributed by atoms with Crippen LogP contribution in [0.3, 0.4) is 0 Å². The number of amides is 1. The number of methoxy groups -OCH3 is 1. The Balaban J connectivity index is 1.53. The van der Waals surface area contributed by atoms with E-state index in [4.69, 9.17) is 10.5 Å². The van der Waals surface area contributed by atoms with Gasteiger partial charge in [0.15, 0.2) is 5.75 Å². The molecule has 1 aromatic heterocycles. The number of nitrogens with zero attached hydrogens (tertiary/aromatic N) is 7. The number of benzene rings is 4. The van der Waals surface area contributed by atoms with Crippen LogP contribution in [0.1, 0.15) is 28.4 Å². The molecule has 26 heteroatoms. The van der Waals surface area contributed by atoms with Crippen LogP contribution in [0.4, 0.5) is 34.1 Å². The molecular weight excluding hydrogens is 845 g/mol. The van der Waals surface area contributed by atoms with E-state index in [1.165, 1.54) is 46.1 Å². The predicted octanol–water partition coefficient (Wildman–Crippen LogP) is 5.85. The van der Waals surface area contributed by atoms with Crippen LogP contribution < -0.4 is 16.0 Å². The highest BCUT2D eigenvalue weighted by Crippen LogP contribution is 2.46. The number of aryl methyl sites for hydroxylation is 1. The summed E-state index contributed by atoms with van der Waals surface area (Å²) < 4.78 is 108. The molecule has 0 aliphatic carbocycles. The van der Waals surface area contributed by atoms with Gasteiger partial charge in [-0.3, -0.25) is 27.8 Å². The summed E-state index contributed by atoms with van der Waals surface area (Å²) in [5.74, 6) is -3.77. The van der Waals surface area contributed by atoms with Crippen molar-refractivity contribution in [1.29, 1.82) is 0 Å². The summed E-state index contributed by atoms with van der Waals surface area (Å²) in [5, 5.41) is 54.5. The van der Waals surface area contributed by atoms with E-state index in [9.17, 15) is 63.8 Å². The molecular formula is C33H30N8O15S3. The van der Waals surface area contributed by atoms with Crippen molar-refractivity contribution >= 4 is 81.2 Å². The number of hydrogen-bond donors (Lipinski definition) is 7. The van der Waals surface area contributed by atoms with Gasteiger partial charge in [0.2, 0.25) is 5.88 Å². The van der Waals surface area contributed by atoms with Crippen LogP contribution in [-0.4, -0.2) is 71.8 Å². The molecule has 8 N–H and O–H groups in total. The number of aromatic hydroxyl groups is 3. The topological polar surface area (TPSA) is 372 Å². The van der Waals surface area contributed by atoms with Crippen molar-refractivity contribution in [2.24, 2.45) is 36.4 Å². The molecule has 5 aromatic rings. The Hall–Kier alpha value is -6.71. The first-order valence-electron chi connectivity index (χ1n) is 16.2. The first kappa shape index (κ1) is 43.4. The minimum atomic E-state index is -5.20. The number of hydrogen-bond acceptors (Lipinski definition) is 18. The number of carbonyl (C=O) groups excluding carboxylic acids is 1. The van der Waals surface area contributed by atoms with Gasteiger partial charge in [-0.15, -0.1) is 20.5 Å². The molecule has 5 rings (SSSR count). The van der Waals surface area contributed by atoms with E-state index >= 15 is 0 Å².